The molecular weight excluding hydrogens is 424 g/mol. The summed E-state index contributed by atoms with van der Waals surface area (Å²) in [5.41, 5.74) is 0.714. The molecule has 0 spiro atoms. The van der Waals surface area contributed by atoms with E-state index in [-0.39, 0.29) is 25.7 Å². The summed E-state index contributed by atoms with van der Waals surface area (Å²) in [7, 11) is 2.42. The van der Waals surface area contributed by atoms with Gasteiger partial charge in [-0.25, -0.2) is 0 Å². The molecule has 32 heavy (non-hydrogen) atoms. The predicted molar refractivity (Wildman–Crippen MR) is 111 cm³/mol. The van der Waals surface area contributed by atoms with Gasteiger partial charge in [0.25, 0.3) is 0 Å². The topological polar surface area (TPSA) is 174 Å². The summed E-state index contributed by atoms with van der Waals surface area (Å²) in [5, 5.41) is 58.3. The first-order valence-electron chi connectivity index (χ1n) is 9.69. The molecule has 0 aromatic heterocycles. The molecule has 10 heteroatoms. The van der Waals surface area contributed by atoms with Crippen molar-refractivity contribution in [2.75, 3.05) is 14.2 Å². The zero-order valence-corrected chi connectivity index (χ0v) is 17.6. The quantitative estimate of drug-likeness (QED) is 0.245. The van der Waals surface area contributed by atoms with Gasteiger partial charge in [0.2, 0.25) is 0 Å². The highest BCUT2D eigenvalue weighted by atomic mass is 16.5. The van der Waals surface area contributed by atoms with Crippen LogP contribution >= 0.6 is 0 Å². The first-order chi connectivity index (χ1) is 15.1. The van der Waals surface area contributed by atoms with Gasteiger partial charge in [0.1, 0.15) is 0 Å². The van der Waals surface area contributed by atoms with E-state index in [1.54, 1.807) is 0 Å². The highest BCUT2D eigenvalue weighted by molar-refractivity contribution is 5.74. The number of phenols is 6. The number of phenolic OH excluding ortho intramolecular Hbond substituents is 6. The molecule has 0 saturated heterocycles. The number of methoxy groups -OCH3 is 2. The standard InChI is InChI=1S/C22H26O10/c1-31-19(27)4-3-13(5-11-7-15(23)20(28)16(24)8-11)14(22(30)32-2)6-12-9-17(25)21(29)18(26)10-12/h7-10,13-14,23-26,28-29H,3-6H2,1-2H3/t13-,14-/m0/s1. The molecule has 2 rings (SSSR count). The summed E-state index contributed by atoms with van der Waals surface area (Å²) in [6.45, 7) is 0. The molecule has 2 atom stereocenters. The molecule has 0 fully saturated rings. The van der Waals surface area contributed by atoms with E-state index in [1.807, 2.05) is 0 Å². The molecule has 0 amide bonds. The van der Waals surface area contributed by atoms with E-state index in [1.165, 1.54) is 38.5 Å². The van der Waals surface area contributed by atoms with Gasteiger partial charge in [-0.3, -0.25) is 9.59 Å². The number of hydrogen-bond donors (Lipinski definition) is 6. The van der Waals surface area contributed by atoms with Crippen molar-refractivity contribution < 1.29 is 49.7 Å². The normalized spacial score (nSPS) is 12.7. The predicted octanol–water partition coefficient (Wildman–Crippen LogP) is 2.06. The maximum atomic E-state index is 12.6. The molecule has 2 aromatic rings. The van der Waals surface area contributed by atoms with Gasteiger partial charge in [0, 0.05) is 6.42 Å². The Morgan fingerprint density at radius 3 is 1.59 bits per heavy atom. The molecule has 0 aliphatic carbocycles. The van der Waals surface area contributed by atoms with Gasteiger partial charge in [-0.1, -0.05) is 0 Å². The Morgan fingerprint density at radius 1 is 0.750 bits per heavy atom. The lowest BCUT2D eigenvalue weighted by Crippen LogP contribution is -2.29. The maximum absolute atomic E-state index is 12.6. The fourth-order valence-corrected chi connectivity index (χ4v) is 3.56. The Labute approximate surface area is 183 Å². The highest BCUT2D eigenvalue weighted by Gasteiger charge is 2.31. The van der Waals surface area contributed by atoms with Crippen LogP contribution in [0.1, 0.15) is 24.0 Å². The van der Waals surface area contributed by atoms with Crippen molar-refractivity contribution in [1.82, 2.24) is 0 Å². The minimum absolute atomic E-state index is 0.0179. The molecule has 0 saturated carbocycles. The lowest BCUT2D eigenvalue weighted by Gasteiger charge is -2.26. The smallest absolute Gasteiger partial charge is 0.309 e. The minimum Gasteiger partial charge on any atom is -0.504 e. The van der Waals surface area contributed by atoms with Crippen molar-refractivity contribution in [3.05, 3.63) is 35.4 Å². The number of rotatable bonds is 9. The molecule has 0 bridgehead atoms. The molecule has 0 aliphatic heterocycles. The minimum atomic E-state index is -0.869. The Bertz CT molecular complexity index is 939. The zero-order valence-electron chi connectivity index (χ0n) is 17.6. The summed E-state index contributed by atoms with van der Waals surface area (Å²) in [6.07, 6.45) is 0.228. The average Bonchev–Trinajstić information content (AvgIpc) is 2.76. The molecule has 0 unspecified atom stereocenters. The Balaban J connectivity index is 2.42. The Hall–Kier alpha value is -3.82. The van der Waals surface area contributed by atoms with E-state index in [9.17, 15) is 40.2 Å². The number of ether oxygens (including phenoxy) is 2. The van der Waals surface area contributed by atoms with Crippen molar-refractivity contribution in [1.29, 1.82) is 0 Å². The van der Waals surface area contributed by atoms with Crippen LogP contribution in [0.2, 0.25) is 0 Å². The Morgan fingerprint density at radius 2 is 1.19 bits per heavy atom. The molecule has 0 radical (unpaired) electrons. The van der Waals surface area contributed by atoms with E-state index in [0.717, 1.165) is 0 Å². The molecular formula is C22H26O10. The number of hydrogen-bond acceptors (Lipinski definition) is 10. The third-order valence-corrected chi connectivity index (χ3v) is 5.23. The van der Waals surface area contributed by atoms with Crippen LogP contribution in [0.3, 0.4) is 0 Å². The van der Waals surface area contributed by atoms with Crippen LogP contribution in [0.25, 0.3) is 0 Å². The zero-order chi connectivity index (χ0) is 24.0. The van der Waals surface area contributed by atoms with E-state index in [0.29, 0.717) is 11.1 Å². The van der Waals surface area contributed by atoms with Gasteiger partial charge < -0.3 is 40.1 Å². The van der Waals surface area contributed by atoms with Crippen LogP contribution in [0.5, 0.6) is 34.5 Å². The van der Waals surface area contributed by atoms with Crippen LogP contribution < -0.4 is 0 Å². The average molecular weight is 450 g/mol. The summed E-state index contributed by atoms with van der Waals surface area (Å²) in [5.74, 6) is -6.17. The fraction of sp³-hybridized carbons (Fsp3) is 0.364. The first-order valence-corrected chi connectivity index (χ1v) is 9.69. The van der Waals surface area contributed by atoms with Gasteiger partial charge in [0.05, 0.1) is 20.1 Å². The third kappa shape index (κ3) is 5.87. The van der Waals surface area contributed by atoms with Gasteiger partial charge in [-0.2, -0.15) is 0 Å². The largest absolute Gasteiger partial charge is 0.504 e. The second-order valence-electron chi connectivity index (χ2n) is 7.38. The van der Waals surface area contributed by atoms with Crippen LogP contribution in [-0.2, 0) is 31.9 Å². The van der Waals surface area contributed by atoms with Crippen LogP contribution in [0.15, 0.2) is 24.3 Å². The fourth-order valence-electron chi connectivity index (χ4n) is 3.56. The molecule has 10 nitrogen and oxygen atoms in total. The van der Waals surface area contributed by atoms with Crippen molar-refractivity contribution >= 4 is 11.9 Å². The van der Waals surface area contributed by atoms with Crippen LogP contribution in [0.4, 0.5) is 0 Å². The highest BCUT2D eigenvalue weighted by Crippen LogP contribution is 2.39. The number of carbonyl (C=O) groups excluding carboxylic acids is 2. The molecule has 0 aliphatic rings. The van der Waals surface area contributed by atoms with Gasteiger partial charge in [0.15, 0.2) is 34.5 Å². The first kappa shape index (κ1) is 24.4. The van der Waals surface area contributed by atoms with Crippen molar-refractivity contribution in [3.63, 3.8) is 0 Å². The maximum Gasteiger partial charge on any atom is 0.309 e. The number of aromatic hydroxyl groups is 6. The number of carbonyl (C=O) groups is 2. The van der Waals surface area contributed by atoms with E-state index >= 15 is 0 Å². The van der Waals surface area contributed by atoms with Crippen molar-refractivity contribution in [3.8, 4) is 34.5 Å². The van der Waals surface area contributed by atoms with Crippen molar-refractivity contribution in [2.45, 2.75) is 25.7 Å². The van der Waals surface area contributed by atoms with Gasteiger partial charge in [-0.05, 0) is 60.6 Å². The molecule has 6 N–H and O–H groups in total. The molecule has 2 aromatic carbocycles. The molecule has 174 valence electrons. The van der Waals surface area contributed by atoms with Gasteiger partial charge in [-0.15, -0.1) is 0 Å². The van der Waals surface area contributed by atoms with Gasteiger partial charge >= 0.3 is 11.9 Å². The summed E-state index contributed by atoms with van der Waals surface area (Å²) >= 11 is 0. The van der Waals surface area contributed by atoms with E-state index < -0.39 is 58.3 Å². The molecule has 0 heterocycles. The number of esters is 2. The third-order valence-electron chi connectivity index (χ3n) is 5.23. The lowest BCUT2D eigenvalue weighted by atomic mass is 9.80. The summed E-state index contributed by atoms with van der Waals surface area (Å²) < 4.78 is 9.59. The Kier molecular flexibility index (Phi) is 8.00. The second-order valence-corrected chi connectivity index (χ2v) is 7.38. The number of benzene rings is 2. The second kappa shape index (κ2) is 10.5. The van der Waals surface area contributed by atoms with Crippen LogP contribution in [0, 0.1) is 11.8 Å². The van der Waals surface area contributed by atoms with E-state index in [2.05, 4.69) is 4.74 Å². The monoisotopic (exact) mass is 450 g/mol. The van der Waals surface area contributed by atoms with Crippen molar-refractivity contribution in [2.24, 2.45) is 11.8 Å². The van der Waals surface area contributed by atoms with E-state index in [4.69, 9.17) is 4.74 Å². The van der Waals surface area contributed by atoms with Crippen LogP contribution in [-0.4, -0.2) is 56.8 Å². The lowest BCUT2D eigenvalue weighted by molar-refractivity contribution is -0.148. The SMILES string of the molecule is COC(=O)CC[C@@H](Cc1cc(O)c(O)c(O)c1)[C@H](Cc1cc(O)c(O)c(O)c1)C(=O)OC. The summed E-state index contributed by atoms with van der Waals surface area (Å²) in [6, 6.07) is 4.85. The summed E-state index contributed by atoms with van der Waals surface area (Å²) in [4.78, 5) is 24.4.